The largest absolute Gasteiger partial charge is 0.422 e. The average Bonchev–Trinajstić information content (AvgIpc) is 3.49. The molecule has 13 heteroatoms. The zero-order valence-electron chi connectivity index (χ0n) is 17.6. The zero-order chi connectivity index (χ0) is 24.1. The number of aromatic nitrogens is 5. The van der Waals surface area contributed by atoms with Crippen LogP contribution >= 0.6 is 0 Å². The summed E-state index contributed by atoms with van der Waals surface area (Å²) in [6.07, 6.45) is -6.48. The van der Waals surface area contributed by atoms with Gasteiger partial charge in [-0.15, -0.1) is 0 Å². The van der Waals surface area contributed by atoms with E-state index in [0.717, 1.165) is 27.4 Å². The molecule has 0 radical (unpaired) electrons. The highest BCUT2D eigenvalue weighted by Crippen LogP contribution is 2.47. The molecular formula is C21H21F3N6O4. The van der Waals surface area contributed by atoms with Crippen molar-refractivity contribution < 1.29 is 33.2 Å². The van der Waals surface area contributed by atoms with Crippen LogP contribution in [0, 0.1) is 0 Å². The fourth-order valence-corrected chi connectivity index (χ4v) is 4.33. The standard InChI is InChI=1S/C21H21F3N6O4/c22-21(23,24)20(33)14(8-31)34-19(16(20)32)30-10-29-15-17(27-9-28-18(15)30)25-6-5-11-7-26-13-4-2-1-3-12(11)13/h1-4,7,9-10,14,16,19,26,31-33H,5-6,8H2,(H,25,27,28)/t14-,16+,19-,20-/m1/s1. The number of anilines is 1. The van der Waals surface area contributed by atoms with E-state index in [0.29, 0.717) is 18.8 Å². The van der Waals surface area contributed by atoms with Crippen LogP contribution in [0.4, 0.5) is 19.0 Å². The van der Waals surface area contributed by atoms with Crippen LogP contribution in [0.1, 0.15) is 11.8 Å². The number of ether oxygens (including phenoxy) is 1. The van der Waals surface area contributed by atoms with E-state index in [2.05, 4.69) is 25.3 Å². The van der Waals surface area contributed by atoms with E-state index in [1.807, 2.05) is 30.5 Å². The van der Waals surface area contributed by atoms with Crippen LogP contribution in [0.3, 0.4) is 0 Å². The highest BCUT2D eigenvalue weighted by atomic mass is 19.4. The first-order valence-electron chi connectivity index (χ1n) is 10.5. The molecule has 3 aromatic heterocycles. The van der Waals surface area contributed by atoms with Gasteiger partial charge in [0.2, 0.25) is 5.60 Å². The number of H-pyrrole nitrogens is 1. The topological polar surface area (TPSA) is 141 Å². The average molecular weight is 478 g/mol. The van der Waals surface area contributed by atoms with Crippen molar-refractivity contribution in [1.82, 2.24) is 24.5 Å². The second kappa shape index (κ2) is 8.20. The Kier molecular flexibility index (Phi) is 5.43. The van der Waals surface area contributed by atoms with E-state index in [-0.39, 0.29) is 11.2 Å². The second-order valence-corrected chi connectivity index (χ2v) is 8.05. The van der Waals surface area contributed by atoms with Gasteiger partial charge in [0.05, 0.1) is 12.9 Å². The molecule has 0 spiro atoms. The van der Waals surface area contributed by atoms with Crippen molar-refractivity contribution in [2.75, 3.05) is 18.5 Å². The predicted octanol–water partition coefficient (Wildman–Crippen LogP) is 1.51. The highest BCUT2D eigenvalue weighted by Gasteiger charge is 2.70. The van der Waals surface area contributed by atoms with Crippen LogP contribution in [-0.2, 0) is 11.2 Å². The number of aliphatic hydroxyl groups is 3. The lowest BCUT2D eigenvalue weighted by molar-refractivity contribution is -0.296. The van der Waals surface area contributed by atoms with Gasteiger partial charge in [-0.05, 0) is 18.1 Å². The lowest BCUT2D eigenvalue weighted by Gasteiger charge is -2.31. The Bertz CT molecular complexity index is 1320. The molecule has 0 aliphatic carbocycles. The Morgan fingerprint density at radius 1 is 1.21 bits per heavy atom. The number of benzene rings is 1. The molecule has 1 aromatic carbocycles. The number of hydrogen-bond donors (Lipinski definition) is 5. The number of aliphatic hydroxyl groups excluding tert-OH is 2. The number of alkyl halides is 3. The van der Waals surface area contributed by atoms with Gasteiger partial charge in [0, 0.05) is 23.6 Å². The SMILES string of the molecule is OC[C@H]1O[C@@H](n2cnc3c(NCCc4c[nH]c5ccccc45)ncnc32)[C@H](O)[C@@]1(O)C(F)(F)F. The van der Waals surface area contributed by atoms with E-state index < -0.39 is 36.8 Å². The Balaban J connectivity index is 1.38. The van der Waals surface area contributed by atoms with Crippen molar-refractivity contribution in [3.63, 3.8) is 0 Å². The molecule has 5 rings (SSSR count). The van der Waals surface area contributed by atoms with Crippen LogP contribution in [0.5, 0.6) is 0 Å². The van der Waals surface area contributed by atoms with Crippen molar-refractivity contribution in [1.29, 1.82) is 0 Å². The van der Waals surface area contributed by atoms with E-state index in [4.69, 9.17) is 4.74 Å². The monoisotopic (exact) mass is 478 g/mol. The van der Waals surface area contributed by atoms with Crippen LogP contribution in [0.15, 0.2) is 43.1 Å². The van der Waals surface area contributed by atoms with Gasteiger partial charge < -0.3 is 30.4 Å². The third kappa shape index (κ3) is 3.39. The molecule has 5 N–H and O–H groups in total. The van der Waals surface area contributed by atoms with Crippen LogP contribution in [-0.4, -0.2) is 77.0 Å². The molecule has 0 unspecified atom stereocenters. The highest BCUT2D eigenvalue weighted by molar-refractivity contribution is 5.84. The number of aromatic amines is 1. The van der Waals surface area contributed by atoms with E-state index in [1.165, 1.54) is 6.33 Å². The van der Waals surface area contributed by atoms with Crippen LogP contribution in [0.25, 0.3) is 22.1 Å². The Labute approximate surface area is 190 Å². The summed E-state index contributed by atoms with van der Waals surface area (Å²) in [6.45, 7) is -0.657. The molecular weight excluding hydrogens is 457 g/mol. The van der Waals surface area contributed by atoms with Gasteiger partial charge in [0.1, 0.15) is 18.5 Å². The summed E-state index contributed by atoms with van der Waals surface area (Å²) in [5, 5.41) is 34.1. The Morgan fingerprint density at radius 3 is 2.74 bits per heavy atom. The molecule has 34 heavy (non-hydrogen) atoms. The maximum absolute atomic E-state index is 13.5. The lowest BCUT2D eigenvalue weighted by atomic mass is 9.91. The third-order valence-electron chi connectivity index (χ3n) is 6.13. The smallest absolute Gasteiger partial charge is 0.394 e. The van der Waals surface area contributed by atoms with E-state index in [1.54, 1.807) is 0 Å². The Hall–Kier alpha value is -3.26. The summed E-state index contributed by atoms with van der Waals surface area (Å²) in [7, 11) is 0. The van der Waals surface area contributed by atoms with Crippen molar-refractivity contribution in [2.24, 2.45) is 0 Å². The first-order valence-corrected chi connectivity index (χ1v) is 10.5. The van der Waals surface area contributed by atoms with Gasteiger partial charge in [0.25, 0.3) is 0 Å². The molecule has 0 saturated carbocycles. The summed E-state index contributed by atoms with van der Waals surface area (Å²) in [5.41, 5.74) is -1.19. The van der Waals surface area contributed by atoms with Gasteiger partial charge >= 0.3 is 6.18 Å². The number of hydrogen-bond acceptors (Lipinski definition) is 8. The molecule has 180 valence electrons. The van der Waals surface area contributed by atoms with Gasteiger partial charge in [-0.3, -0.25) is 4.57 Å². The number of nitrogens with zero attached hydrogens (tertiary/aromatic N) is 4. The maximum atomic E-state index is 13.5. The lowest BCUT2D eigenvalue weighted by Crippen LogP contribution is -2.59. The van der Waals surface area contributed by atoms with Gasteiger partial charge in [-0.2, -0.15) is 13.2 Å². The molecule has 0 amide bonds. The van der Waals surface area contributed by atoms with Gasteiger partial charge in [-0.25, -0.2) is 15.0 Å². The first-order chi connectivity index (χ1) is 16.3. The molecule has 1 aliphatic heterocycles. The second-order valence-electron chi connectivity index (χ2n) is 8.05. The third-order valence-corrected chi connectivity index (χ3v) is 6.13. The summed E-state index contributed by atoms with van der Waals surface area (Å²) < 4.78 is 46.8. The van der Waals surface area contributed by atoms with Crippen molar-refractivity contribution in [3.05, 3.63) is 48.7 Å². The predicted molar refractivity (Wildman–Crippen MR) is 114 cm³/mol. The normalized spacial score (nSPS) is 25.4. The Morgan fingerprint density at radius 2 is 2.00 bits per heavy atom. The molecule has 4 aromatic rings. The number of nitrogens with one attached hydrogen (secondary N) is 2. The molecule has 10 nitrogen and oxygen atoms in total. The minimum absolute atomic E-state index is 0.0942. The molecule has 0 bridgehead atoms. The minimum atomic E-state index is -5.24. The molecule has 4 heterocycles. The van der Waals surface area contributed by atoms with Crippen LogP contribution in [0.2, 0.25) is 0 Å². The fraction of sp³-hybridized carbons (Fsp3) is 0.381. The van der Waals surface area contributed by atoms with Crippen molar-refractivity contribution in [3.8, 4) is 0 Å². The zero-order valence-corrected chi connectivity index (χ0v) is 17.6. The van der Waals surface area contributed by atoms with Crippen molar-refractivity contribution >= 4 is 27.9 Å². The molecule has 1 fully saturated rings. The van der Waals surface area contributed by atoms with E-state index >= 15 is 0 Å². The summed E-state index contributed by atoms with van der Waals surface area (Å²) in [5.74, 6) is 0.348. The summed E-state index contributed by atoms with van der Waals surface area (Å²) >= 11 is 0. The summed E-state index contributed by atoms with van der Waals surface area (Å²) in [4.78, 5) is 15.6. The minimum Gasteiger partial charge on any atom is -0.394 e. The summed E-state index contributed by atoms with van der Waals surface area (Å²) in [6, 6.07) is 7.89. The number of fused-ring (bicyclic) bond motifs is 2. The quantitative estimate of drug-likeness (QED) is 0.281. The van der Waals surface area contributed by atoms with Gasteiger partial charge in [-0.1, -0.05) is 18.2 Å². The maximum Gasteiger partial charge on any atom is 0.422 e. The molecule has 4 atom stereocenters. The number of para-hydroxylation sites is 1. The number of imidazole rings is 1. The number of rotatable bonds is 6. The van der Waals surface area contributed by atoms with E-state index in [9.17, 15) is 28.5 Å². The first kappa shape index (κ1) is 22.5. The van der Waals surface area contributed by atoms with Crippen molar-refractivity contribution in [2.45, 2.75) is 36.6 Å². The number of halogens is 3. The fourth-order valence-electron chi connectivity index (χ4n) is 4.33. The molecule has 1 saturated heterocycles. The van der Waals surface area contributed by atoms with Gasteiger partial charge in [0.15, 0.2) is 23.2 Å². The van der Waals surface area contributed by atoms with Crippen LogP contribution < -0.4 is 5.32 Å². The molecule has 1 aliphatic rings.